The third-order valence-electron chi connectivity index (χ3n) is 3.73. The van der Waals surface area contributed by atoms with E-state index < -0.39 is 0 Å². The number of pyridine rings is 1. The van der Waals surface area contributed by atoms with Gasteiger partial charge in [0.1, 0.15) is 17.4 Å². The first-order chi connectivity index (χ1) is 12.6. The first kappa shape index (κ1) is 17.4. The molecule has 0 radical (unpaired) electrons. The van der Waals surface area contributed by atoms with Gasteiger partial charge in [0.05, 0.1) is 7.11 Å². The monoisotopic (exact) mass is 351 g/mol. The van der Waals surface area contributed by atoms with Crippen LogP contribution in [0.25, 0.3) is 0 Å². The molecule has 0 spiro atoms. The highest BCUT2D eigenvalue weighted by molar-refractivity contribution is 5.94. The molecule has 2 N–H and O–H groups in total. The number of hydrogen-bond acceptors (Lipinski definition) is 4. The number of carbonyl (C=O) groups excluding carboxylic acids is 1. The lowest BCUT2D eigenvalue weighted by molar-refractivity contribution is 0.0951. The highest BCUT2D eigenvalue weighted by Crippen LogP contribution is 2.16. The van der Waals surface area contributed by atoms with Crippen LogP contribution in [-0.4, -0.2) is 18.0 Å². The Morgan fingerprint density at radius 1 is 1.12 bits per heavy atom. The Balaban J connectivity index is 1.63. The van der Waals surface area contributed by atoms with Gasteiger partial charge in [0.15, 0.2) is 0 Å². The number of benzene rings is 2. The second kappa shape index (κ2) is 8.11. The summed E-state index contributed by atoms with van der Waals surface area (Å²) in [5, 5.41) is 5.84. The van der Waals surface area contributed by atoms with Gasteiger partial charge in [-0.2, -0.15) is 0 Å². The second-order valence-corrected chi connectivity index (χ2v) is 5.60. The molecule has 1 aromatic heterocycles. The van der Waals surface area contributed by atoms with Gasteiger partial charge in [-0.15, -0.1) is 0 Å². The fourth-order valence-corrected chi connectivity index (χ4v) is 2.38. The molecule has 0 unspecified atom stereocenters. The highest BCUT2D eigenvalue weighted by Gasteiger charge is 2.07. The normalized spacial score (nSPS) is 10.2. The number of anilines is 2. The van der Waals surface area contributed by atoms with Crippen molar-refractivity contribution in [3.8, 4) is 5.75 Å². The molecule has 0 aliphatic heterocycles. The highest BCUT2D eigenvalue weighted by atomic mass is 19.1. The van der Waals surface area contributed by atoms with Crippen LogP contribution in [0.4, 0.5) is 15.9 Å². The van der Waals surface area contributed by atoms with Gasteiger partial charge < -0.3 is 15.4 Å². The van der Waals surface area contributed by atoms with Gasteiger partial charge >= 0.3 is 0 Å². The van der Waals surface area contributed by atoms with Crippen LogP contribution in [0.1, 0.15) is 15.9 Å². The number of rotatable bonds is 6. The van der Waals surface area contributed by atoms with Crippen LogP contribution in [0.3, 0.4) is 0 Å². The molecular weight excluding hydrogens is 333 g/mol. The van der Waals surface area contributed by atoms with Crippen molar-refractivity contribution in [1.29, 1.82) is 0 Å². The van der Waals surface area contributed by atoms with Crippen molar-refractivity contribution < 1.29 is 13.9 Å². The van der Waals surface area contributed by atoms with Crippen molar-refractivity contribution in [2.45, 2.75) is 6.54 Å². The number of methoxy groups -OCH3 is 1. The number of ether oxygens (including phenoxy) is 1. The van der Waals surface area contributed by atoms with E-state index in [1.807, 2.05) is 24.3 Å². The van der Waals surface area contributed by atoms with Gasteiger partial charge in [0.25, 0.3) is 5.91 Å². The Morgan fingerprint density at radius 3 is 2.65 bits per heavy atom. The smallest absolute Gasteiger partial charge is 0.251 e. The quantitative estimate of drug-likeness (QED) is 0.707. The van der Waals surface area contributed by atoms with Crippen LogP contribution in [0.15, 0.2) is 66.9 Å². The molecule has 26 heavy (non-hydrogen) atoms. The SMILES string of the molecule is COc1ccc(CNC(=O)c2ccnc(Nc3cccc(F)c3)c2)cc1. The zero-order chi connectivity index (χ0) is 18.4. The molecule has 0 aliphatic carbocycles. The number of nitrogens with one attached hydrogen (secondary N) is 2. The van der Waals surface area contributed by atoms with Crippen molar-refractivity contribution in [2.24, 2.45) is 0 Å². The van der Waals surface area contributed by atoms with Gasteiger partial charge in [-0.25, -0.2) is 9.37 Å². The van der Waals surface area contributed by atoms with Crippen LogP contribution < -0.4 is 15.4 Å². The van der Waals surface area contributed by atoms with Gasteiger partial charge in [0.2, 0.25) is 0 Å². The number of halogens is 1. The zero-order valence-electron chi connectivity index (χ0n) is 14.2. The van der Waals surface area contributed by atoms with E-state index >= 15 is 0 Å². The van der Waals surface area contributed by atoms with Gasteiger partial charge in [-0.3, -0.25) is 4.79 Å². The number of nitrogens with zero attached hydrogens (tertiary/aromatic N) is 1. The van der Waals surface area contributed by atoms with E-state index in [-0.39, 0.29) is 11.7 Å². The van der Waals surface area contributed by atoms with Gasteiger partial charge in [0, 0.05) is 24.0 Å². The van der Waals surface area contributed by atoms with Gasteiger partial charge in [-0.1, -0.05) is 18.2 Å². The Bertz CT molecular complexity index is 898. The average Bonchev–Trinajstić information content (AvgIpc) is 2.67. The lowest BCUT2D eigenvalue weighted by atomic mass is 10.2. The van der Waals surface area contributed by atoms with E-state index in [1.165, 1.54) is 18.3 Å². The fraction of sp³-hybridized carbons (Fsp3) is 0.100. The number of hydrogen-bond donors (Lipinski definition) is 2. The number of aromatic nitrogens is 1. The molecule has 132 valence electrons. The summed E-state index contributed by atoms with van der Waals surface area (Å²) in [6, 6.07) is 16.8. The van der Waals surface area contributed by atoms with Crippen molar-refractivity contribution in [3.63, 3.8) is 0 Å². The lowest BCUT2D eigenvalue weighted by Crippen LogP contribution is -2.22. The molecule has 2 aromatic carbocycles. The minimum Gasteiger partial charge on any atom is -0.497 e. The standard InChI is InChI=1S/C20H18FN3O2/c1-26-18-7-5-14(6-8-18)13-23-20(25)15-9-10-22-19(11-15)24-17-4-2-3-16(21)12-17/h2-12H,13H2,1H3,(H,22,24)(H,23,25). The van der Waals surface area contributed by atoms with Crippen LogP contribution in [0.2, 0.25) is 0 Å². The van der Waals surface area contributed by atoms with Gasteiger partial charge in [-0.05, 0) is 48.0 Å². The number of carbonyl (C=O) groups is 1. The van der Waals surface area contributed by atoms with Crippen molar-refractivity contribution >= 4 is 17.4 Å². The maximum absolute atomic E-state index is 13.3. The number of amides is 1. The summed E-state index contributed by atoms with van der Waals surface area (Å²) >= 11 is 0. The molecule has 3 rings (SSSR count). The molecule has 0 saturated heterocycles. The minimum atomic E-state index is -0.344. The molecule has 1 amide bonds. The Morgan fingerprint density at radius 2 is 1.92 bits per heavy atom. The van der Waals surface area contributed by atoms with E-state index in [0.717, 1.165) is 11.3 Å². The van der Waals surface area contributed by atoms with E-state index in [9.17, 15) is 9.18 Å². The van der Waals surface area contributed by atoms with Crippen molar-refractivity contribution in [3.05, 3.63) is 83.8 Å². The fourth-order valence-electron chi connectivity index (χ4n) is 2.38. The molecule has 0 fully saturated rings. The van der Waals surface area contributed by atoms with Crippen LogP contribution in [0, 0.1) is 5.82 Å². The summed E-state index contributed by atoms with van der Waals surface area (Å²) in [4.78, 5) is 16.5. The molecule has 0 aliphatic rings. The van der Waals surface area contributed by atoms with Crippen LogP contribution >= 0.6 is 0 Å². The average molecular weight is 351 g/mol. The topological polar surface area (TPSA) is 63.2 Å². The minimum absolute atomic E-state index is 0.217. The third-order valence-corrected chi connectivity index (χ3v) is 3.73. The predicted octanol–water partition coefficient (Wildman–Crippen LogP) is 3.90. The van der Waals surface area contributed by atoms with E-state index in [4.69, 9.17) is 4.74 Å². The lowest BCUT2D eigenvalue weighted by Gasteiger charge is -2.09. The summed E-state index contributed by atoms with van der Waals surface area (Å²) in [5.74, 6) is 0.670. The summed E-state index contributed by atoms with van der Waals surface area (Å²) in [7, 11) is 1.61. The Hall–Kier alpha value is -3.41. The van der Waals surface area contributed by atoms with Crippen LogP contribution in [0.5, 0.6) is 5.75 Å². The first-order valence-electron chi connectivity index (χ1n) is 8.04. The maximum Gasteiger partial charge on any atom is 0.251 e. The summed E-state index contributed by atoms with van der Waals surface area (Å²) in [6.07, 6.45) is 1.53. The first-order valence-corrected chi connectivity index (χ1v) is 8.04. The second-order valence-electron chi connectivity index (χ2n) is 5.60. The maximum atomic E-state index is 13.3. The molecule has 3 aromatic rings. The predicted molar refractivity (Wildman–Crippen MR) is 98.1 cm³/mol. The largest absolute Gasteiger partial charge is 0.497 e. The molecular formula is C20H18FN3O2. The van der Waals surface area contributed by atoms with E-state index in [2.05, 4.69) is 15.6 Å². The van der Waals surface area contributed by atoms with Crippen LogP contribution in [-0.2, 0) is 6.54 Å². The van der Waals surface area contributed by atoms with E-state index in [0.29, 0.717) is 23.6 Å². The summed E-state index contributed by atoms with van der Waals surface area (Å²) in [5.41, 5.74) is 1.99. The Labute approximate surface area is 150 Å². The summed E-state index contributed by atoms with van der Waals surface area (Å²) in [6.45, 7) is 0.401. The summed E-state index contributed by atoms with van der Waals surface area (Å²) < 4.78 is 18.4. The molecule has 0 bridgehead atoms. The molecule has 0 atom stereocenters. The molecule has 6 heteroatoms. The zero-order valence-corrected chi connectivity index (χ0v) is 14.2. The molecule has 0 saturated carbocycles. The van der Waals surface area contributed by atoms with Crippen molar-refractivity contribution in [2.75, 3.05) is 12.4 Å². The molecule has 1 heterocycles. The van der Waals surface area contributed by atoms with E-state index in [1.54, 1.807) is 31.4 Å². The Kier molecular flexibility index (Phi) is 5.43. The molecule has 5 nitrogen and oxygen atoms in total. The third kappa shape index (κ3) is 4.57. The van der Waals surface area contributed by atoms with Crippen molar-refractivity contribution in [1.82, 2.24) is 10.3 Å².